The molecule has 3 rings (SSSR count). The SMILES string of the molecule is O=C(O)[C@H]1CCCN1C(=O)c1cc2ccccc2cc1O. The van der Waals surface area contributed by atoms with Crippen LogP contribution < -0.4 is 0 Å². The molecule has 1 amide bonds. The molecule has 2 N–H and O–H groups in total. The summed E-state index contributed by atoms with van der Waals surface area (Å²) in [7, 11) is 0. The summed E-state index contributed by atoms with van der Waals surface area (Å²) >= 11 is 0. The summed E-state index contributed by atoms with van der Waals surface area (Å²) in [6, 6.07) is 9.75. The summed E-state index contributed by atoms with van der Waals surface area (Å²) < 4.78 is 0. The zero-order valence-corrected chi connectivity index (χ0v) is 11.3. The Morgan fingerprint density at radius 2 is 1.81 bits per heavy atom. The van der Waals surface area contributed by atoms with Crippen LogP contribution in [0.2, 0.25) is 0 Å². The van der Waals surface area contributed by atoms with E-state index in [0.29, 0.717) is 19.4 Å². The lowest BCUT2D eigenvalue weighted by Gasteiger charge is -2.22. The molecule has 2 aromatic rings. The highest BCUT2D eigenvalue weighted by Gasteiger charge is 2.35. The van der Waals surface area contributed by atoms with E-state index in [1.807, 2.05) is 24.3 Å². The molecule has 0 radical (unpaired) electrons. The number of hydrogen-bond acceptors (Lipinski definition) is 3. The van der Waals surface area contributed by atoms with Crippen LogP contribution in [0.25, 0.3) is 10.8 Å². The quantitative estimate of drug-likeness (QED) is 0.887. The predicted molar refractivity (Wildman–Crippen MR) is 77.3 cm³/mol. The number of phenols is 1. The van der Waals surface area contributed by atoms with Crippen LogP contribution >= 0.6 is 0 Å². The molecule has 0 bridgehead atoms. The van der Waals surface area contributed by atoms with Gasteiger partial charge in [-0.05, 0) is 35.7 Å². The third-order valence-electron chi connectivity index (χ3n) is 3.89. The Morgan fingerprint density at radius 1 is 1.14 bits per heavy atom. The summed E-state index contributed by atoms with van der Waals surface area (Å²) in [5, 5.41) is 20.9. The number of amides is 1. The van der Waals surface area contributed by atoms with E-state index in [-0.39, 0.29) is 11.3 Å². The maximum absolute atomic E-state index is 12.5. The number of carbonyl (C=O) groups is 2. The largest absolute Gasteiger partial charge is 0.507 e. The number of rotatable bonds is 2. The van der Waals surface area contributed by atoms with Gasteiger partial charge in [-0.3, -0.25) is 4.79 Å². The Kier molecular flexibility index (Phi) is 3.25. The molecule has 1 saturated heterocycles. The molecule has 2 aromatic carbocycles. The minimum absolute atomic E-state index is 0.116. The highest BCUT2D eigenvalue weighted by Crippen LogP contribution is 2.28. The second-order valence-electron chi connectivity index (χ2n) is 5.21. The molecule has 1 atom stereocenters. The smallest absolute Gasteiger partial charge is 0.326 e. The first-order valence-corrected chi connectivity index (χ1v) is 6.83. The van der Waals surface area contributed by atoms with E-state index >= 15 is 0 Å². The molecule has 21 heavy (non-hydrogen) atoms. The average molecular weight is 285 g/mol. The molecule has 0 saturated carbocycles. The van der Waals surface area contributed by atoms with E-state index in [1.54, 1.807) is 6.07 Å². The second kappa shape index (κ2) is 5.09. The average Bonchev–Trinajstić information content (AvgIpc) is 2.95. The van der Waals surface area contributed by atoms with Gasteiger partial charge in [0.2, 0.25) is 0 Å². The maximum Gasteiger partial charge on any atom is 0.326 e. The zero-order chi connectivity index (χ0) is 15.0. The fourth-order valence-corrected chi connectivity index (χ4v) is 2.82. The molecule has 0 unspecified atom stereocenters. The van der Waals surface area contributed by atoms with Gasteiger partial charge in [0.05, 0.1) is 5.56 Å². The summed E-state index contributed by atoms with van der Waals surface area (Å²) in [6.07, 6.45) is 1.12. The normalized spacial score (nSPS) is 18.1. The van der Waals surface area contributed by atoms with E-state index in [9.17, 15) is 14.7 Å². The Bertz CT molecular complexity index is 725. The number of aliphatic carboxylic acids is 1. The molecule has 1 aliphatic rings. The highest BCUT2D eigenvalue weighted by molar-refractivity contribution is 6.03. The standard InChI is InChI=1S/C16H15NO4/c18-14-9-11-5-2-1-4-10(11)8-12(14)15(19)17-7-3-6-13(17)16(20)21/h1-2,4-5,8-9,13,18H,3,6-7H2,(H,20,21)/t13-/m1/s1. The lowest BCUT2D eigenvalue weighted by atomic mass is 10.0. The van der Waals surface area contributed by atoms with Crippen LogP contribution in [-0.2, 0) is 4.79 Å². The first-order chi connectivity index (χ1) is 10.1. The molecule has 1 heterocycles. The van der Waals surface area contributed by atoms with Crippen molar-refractivity contribution in [3.63, 3.8) is 0 Å². The van der Waals surface area contributed by atoms with Gasteiger partial charge < -0.3 is 15.1 Å². The number of carboxylic acid groups (broad SMARTS) is 1. The lowest BCUT2D eigenvalue weighted by molar-refractivity contribution is -0.141. The minimum Gasteiger partial charge on any atom is -0.507 e. The number of benzene rings is 2. The van der Waals surface area contributed by atoms with Crippen LogP contribution in [0.1, 0.15) is 23.2 Å². The van der Waals surface area contributed by atoms with E-state index in [2.05, 4.69) is 0 Å². The molecule has 5 nitrogen and oxygen atoms in total. The minimum atomic E-state index is -0.999. The van der Waals surface area contributed by atoms with Crippen molar-refractivity contribution in [2.75, 3.05) is 6.54 Å². The van der Waals surface area contributed by atoms with E-state index in [0.717, 1.165) is 10.8 Å². The fraction of sp³-hybridized carbons (Fsp3) is 0.250. The van der Waals surface area contributed by atoms with Gasteiger partial charge in [0.1, 0.15) is 11.8 Å². The molecule has 0 spiro atoms. The number of aromatic hydroxyl groups is 1. The molecular formula is C16H15NO4. The Balaban J connectivity index is 2.01. The monoisotopic (exact) mass is 285 g/mol. The van der Waals surface area contributed by atoms with Gasteiger partial charge in [0.25, 0.3) is 5.91 Å². The summed E-state index contributed by atoms with van der Waals surface area (Å²) in [4.78, 5) is 25.0. The van der Waals surface area contributed by atoms with Crippen LogP contribution in [0.15, 0.2) is 36.4 Å². The molecular weight excluding hydrogens is 270 g/mol. The van der Waals surface area contributed by atoms with E-state index < -0.39 is 17.9 Å². The van der Waals surface area contributed by atoms with Gasteiger partial charge >= 0.3 is 5.97 Å². The van der Waals surface area contributed by atoms with Gasteiger partial charge in [-0.2, -0.15) is 0 Å². The fourth-order valence-electron chi connectivity index (χ4n) is 2.82. The second-order valence-corrected chi connectivity index (χ2v) is 5.21. The van der Waals surface area contributed by atoms with Crippen molar-refractivity contribution in [2.24, 2.45) is 0 Å². The molecule has 5 heteroatoms. The first kappa shape index (κ1) is 13.4. The van der Waals surface area contributed by atoms with E-state index in [1.165, 1.54) is 11.0 Å². The molecule has 0 aliphatic carbocycles. The lowest BCUT2D eigenvalue weighted by Crippen LogP contribution is -2.40. The summed E-state index contributed by atoms with van der Waals surface area (Å²) in [6.45, 7) is 0.405. The maximum atomic E-state index is 12.5. The van der Waals surface area contributed by atoms with Crippen LogP contribution in [0.5, 0.6) is 5.75 Å². The van der Waals surface area contributed by atoms with Gasteiger partial charge in [0.15, 0.2) is 0 Å². The van der Waals surface area contributed by atoms with Gasteiger partial charge in [-0.15, -0.1) is 0 Å². The van der Waals surface area contributed by atoms with Crippen LogP contribution in [0.3, 0.4) is 0 Å². The number of hydrogen-bond donors (Lipinski definition) is 2. The Hall–Kier alpha value is -2.56. The topological polar surface area (TPSA) is 77.8 Å². The van der Waals surface area contributed by atoms with Crippen molar-refractivity contribution in [1.29, 1.82) is 0 Å². The predicted octanol–water partition coefficient (Wildman–Crippen LogP) is 2.23. The number of phenolic OH excluding ortho intramolecular Hbond substituents is 1. The summed E-state index contributed by atoms with van der Waals surface area (Å²) in [5.41, 5.74) is 0.154. The number of carboxylic acids is 1. The van der Waals surface area contributed by atoms with Crippen LogP contribution in [0, 0.1) is 0 Å². The molecule has 1 aliphatic heterocycles. The highest BCUT2D eigenvalue weighted by atomic mass is 16.4. The van der Waals surface area contributed by atoms with Crippen molar-refractivity contribution in [2.45, 2.75) is 18.9 Å². The van der Waals surface area contributed by atoms with Gasteiger partial charge in [-0.25, -0.2) is 4.79 Å². The molecule has 1 fully saturated rings. The van der Waals surface area contributed by atoms with Crippen molar-refractivity contribution >= 4 is 22.6 Å². The van der Waals surface area contributed by atoms with E-state index in [4.69, 9.17) is 5.11 Å². The molecule has 108 valence electrons. The van der Waals surface area contributed by atoms with Gasteiger partial charge in [0, 0.05) is 6.54 Å². The molecule has 0 aromatic heterocycles. The van der Waals surface area contributed by atoms with Crippen molar-refractivity contribution in [3.8, 4) is 5.75 Å². The Morgan fingerprint density at radius 3 is 2.48 bits per heavy atom. The van der Waals surface area contributed by atoms with Crippen molar-refractivity contribution in [1.82, 2.24) is 4.90 Å². The van der Waals surface area contributed by atoms with Gasteiger partial charge in [-0.1, -0.05) is 24.3 Å². The third kappa shape index (κ3) is 2.31. The number of fused-ring (bicyclic) bond motifs is 1. The Labute approximate surface area is 121 Å². The number of carbonyl (C=O) groups excluding carboxylic acids is 1. The number of likely N-dealkylation sites (tertiary alicyclic amines) is 1. The zero-order valence-electron chi connectivity index (χ0n) is 11.3. The summed E-state index contributed by atoms with van der Waals surface area (Å²) in [5.74, 6) is -1.54. The first-order valence-electron chi connectivity index (χ1n) is 6.83. The third-order valence-corrected chi connectivity index (χ3v) is 3.89. The number of nitrogens with zero attached hydrogens (tertiary/aromatic N) is 1. The van der Waals surface area contributed by atoms with Crippen LogP contribution in [0.4, 0.5) is 0 Å². The van der Waals surface area contributed by atoms with Crippen LogP contribution in [-0.4, -0.2) is 39.6 Å². The van der Waals surface area contributed by atoms with Crippen molar-refractivity contribution in [3.05, 3.63) is 42.0 Å². The van der Waals surface area contributed by atoms with Crippen molar-refractivity contribution < 1.29 is 19.8 Å².